The first-order valence-corrected chi connectivity index (χ1v) is 1.08. The van der Waals surface area contributed by atoms with Gasteiger partial charge in [-0.05, 0) is 0 Å². The van der Waals surface area contributed by atoms with E-state index in [9.17, 15) is 0 Å². The van der Waals surface area contributed by atoms with Crippen molar-refractivity contribution < 1.29 is 9.90 Å². The third-order valence-electron chi connectivity index (χ3n) is 0. The van der Waals surface area contributed by atoms with E-state index in [1.165, 1.54) is 0 Å². The fourth-order valence-electron chi connectivity index (χ4n) is 0. The maximum atomic E-state index is 8.75. The molecule has 2 nitrogen and oxygen atoms in total. The lowest BCUT2D eigenvalue weighted by molar-refractivity contribution is 0.199. The van der Waals surface area contributed by atoms with Crippen molar-refractivity contribution in [2.75, 3.05) is 0 Å². The number of rotatable bonds is 0. The van der Waals surface area contributed by atoms with Gasteiger partial charge in [0.15, 0.2) is 0 Å². The second-order valence-electron chi connectivity index (χ2n) is 0.266. The van der Waals surface area contributed by atoms with Crippen molar-refractivity contribution >= 4 is 17.9 Å². The van der Waals surface area contributed by atoms with Gasteiger partial charge < -0.3 is 0 Å². The third-order valence-corrected chi connectivity index (χ3v) is 0. The number of thiol groups is 1. The van der Waals surface area contributed by atoms with Crippen LogP contribution in [-0.2, 0) is 5.11 Å². The van der Waals surface area contributed by atoms with Gasteiger partial charge >= 0.3 is 5.30 Å². The van der Waals surface area contributed by atoms with E-state index in [-0.39, 0.29) is 0 Å². The van der Waals surface area contributed by atoms with Crippen molar-refractivity contribution in [3.63, 3.8) is 0 Å². The van der Waals surface area contributed by atoms with Crippen LogP contribution < -0.4 is 0 Å². The quantitative estimate of drug-likeness (QED) is 0.419. The molecule has 0 saturated carbocycles. The van der Waals surface area contributed by atoms with Gasteiger partial charge in [0.1, 0.15) is 0 Å². The fraction of sp³-hybridized carbons (Fsp3) is 0. The average Bonchev–Trinajstić information content (AvgIpc) is 0.811. The van der Waals surface area contributed by atoms with Crippen LogP contribution in [0.4, 0.5) is 4.79 Å². The highest BCUT2D eigenvalue weighted by molar-refractivity contribution is 7.96. The Bertz CT molecular complexity index is 29.0. The summed E-state index contributed by atoms with van der Waals surface area (Å²) in [5, 5.41) is 7.36. The van der Waals surface area contributed by atoms with Gasteiger partial charge in [-0.1, -0.05) is 12.6 Å². The predicted octanol–water partition coefficient (Wildman–Crippen LogP) is 0.467. The Balaban J connectivity index is 2.80. The minimum atomic E-state index is -1.39. The van der Waals surface area contributed by atoms with Gasteiger partial charge in [0.25, 0.3) is 0 Å². The van der Waals surface area contributed by atoms with Crippen LogP contribution in [0.2, 0.25) is 0 Å². The summed E-state index contributed by atoms with van der Waals surface area (Å²) in [6, 6.07) is 0. The molecule has 0 atom stereocenters. The largest absolute Gasteiger partial charge is 0.410 e. The van der Waals surface area contributed by atoms with Crippen LogP contribution in [0.25, 0.3) is 0 Å². The van der Waals surface area contributed by atoms with Gasteiger partial charge in [-0.15, -0.1) is 0 Å². The van der Waals surface area contributed by atoms with Crippen molar-refractivity contribution in [1.82, 2.24) is 0 Å². The zero-order valence-electron chi connectivity index (χ0n) is 1.76. The Hall–Kier alpha value is -0.180. The predicted molar refractivity (Wildman–Crippen MR) is 15.1 cm³/mol. The van der Waals surface area contributed by atoms with Gasteiger partial charge in [-0.3, -0.25) is 0 Å². The molecule has 0 saturated heterocycles. The number of carbonyl (C=O) groups excluding carboxylic acids is 1. The molecular weight excluding hydrogens is 76.1 g/mol. The van der Waals surface area contributed by atoms with Crippen LogP contribution in [0, 0.1) is 0 Å². The topological polar surface area (TPSA) is 37.0 Å². The van der Waals surface area contributed by atoms with Crippen molar-refractivity contribution in [1.29, 1.82) is 0 Å². The SMILES string of the molecule is [O]C(=O)S. The zero-order chi connectivity index (χ0) is 3.58. The molecule has 0 amide bonds. The summed E-state index contributed by atoms with van der Waals surface area (Å²) >= 11 is 2.77. The smallest absolute Gasteiger partial charge is 0.234 e. The third kappa shape index (κ3) is 37.8. The minimum absolute atomic E-state index is 1.39. The highest BCUT2D eigenvalue weighted by Gasteiger charge is 1.73. The maximum Gasteiger partial charge on any atom is 0.410 e. The molecule has 0 heterocycles. The molecular formula is CHO2S. The summed E-state index contributed by atoms with van der Waals surface area (Å²) in [6.07, 6.45) is 0. The summed E-state index contributed by atoms with van der Waals surface area (Å²) in [5.74, 6) is 0. The molecule has 3 heteroatoms. The van der Waals surface area contributed by atoms with E-state index in [4.69, 9.17) is 9.90 Å². The lowest BCUT2D eigenvalue weighted by Crippen LogP contribution is -1.62. The van der Waals surface area contributed by atoms with Crippen molar-refractivity contribution in [2.24, 2.45) is 0 Å². The number of hydrogen-bond acceptors (Lipinski definition) is 1. The molecule has 0 aromatic carbocycles. The highest BCUT2D eigenvalue weighted by atomic mass is 32.1. The van der Waals surface area contributed by atoms with E-state index in [2.05, 4.69) is 12.6 Å². The molecule has 0 N–H and O–H groups in total. The van der Waals surface area contributed by atoms with Gasteiger partial charge in [0.2, 0.25) is 0 Å². The first kappa shape index (κ1) is 3.82. The molecule has 0 aliphatic carbocycles. The van der Waals surface area contributed by atoms with Crippen LogP contribution in [0.1, 0.15) is 0 Å². The Morgan fingerprint density at radius 2 is 1.75 bits per heavy atom. The average molecular weight is 77.1 g/mol. The Morgan fingerprint density at radius 1 is 1.75 bits per heavy atom. The number of carbonyl (C=O) groups is 1. The summed E-state index contributed by atoms with van der Waals surface area (Å²) in [4.78, 5) is 8.75. The molecule has 0 aromatic heterocycles. The summed E-state index contributed by atoms with van der Waals surface area (Å²) in [5.41, 5.74) is 0. The number of hydrogen-bond donors (Lipinski definition) is 1. The van der Waals surface area contributed by atoms with Gasteiger partial charge in [-0.25, -0.2) is 9.90 Å². The molecule has 23 valence electrons. The van der Waals surface area contributed by atoms with Crippen LogP contribution in [0.3, 0.4) is 0 Å². The van der Waals surface area contributed by atoms with Crippen LogP contribution >= 0.6 is 12.6 Å². The summed E-state index contributed by atoms with van der Waals surface area (Å²) in [6.45, 7) is 0. The molecule has 0 spiro atoms. The molecule has 0 fully saturated rings. The van der Waals surface area contributed by atoms with E-state index < -0.39 is 5.30 Å². The van der Waals surface area contributed by atoms with Crippen LogP contribution in [0.5, 0.6) is 0 Å². The van der Waals surface area contributed by atoms with E-state index in [0.717, 1.165) is 0 Å². The highest BCUT2D eigenvalue weighted by Crippen LogP contribution is 1.68. The van der Waals surface area contributed by atoms with E-state index in [1.54, 1.807) is 0 Å². The first-order chi connectivity index (χ1) is 1.73. The zero-order valence-corrected chi connectivity index (χ0v) is 2.66. The second-order valence-corrected chi connectivity index (χ2v) is 0.631. The molecule has 0 aliphatic heterocycles. The lowest BCUT2D eigenvalue weighted by atomic mass is 11.6. The maximum absolute atomic E-state index is 8.75. The molecule has 0 aromatic rings. The normalized spacial score (nSPS) is 6.25. The van der Waals surface area contributed by atoms with Crippen molar-refractivity contribution in [3.05, 3.63) is 0 Å². The summed E-state index contributed by atoms with van der Waals surface area (Å²) < 4.78 is 0. The minimum Gasteiger partial charge on any atom is -0.234 e. The van der Waals surface area contributed by atoms with E-state index in [1.807, 2.05) is 0 Å². The van der Waals surface area contributed by atoms with Gasteiger partial charge in [0, 0.05) is 0 Å². The molecule has 0 aliphatic rings. The molecule has 0 rings (SSSR count). The molecule has 1 radical (unpaired) electrons. The second kappa shape index (κ2) is 1.17. The summed E-state index contributed by atoms with van der Waals surface area (Å²) in [7, 11) is 0. The Morgan fingerprint density at radius 3 is 1.75 bits per heavy atom. The van der Waals surface area contributed by atoms with Gasteiger partial charge in [0.05, 0.1) is 0 Å². The van der Waals surface area contributed by atoms with E-state index in [0.29, 0.717) is 0 Å². The van der Waals surface area contributed by atoms with Crippen LogP contribution in [0.15, 0.2) is 0 Å². The monoisotopic (exact) mass is 77.0 g/mol. The Labute approximate surface area is 28.9 Å². The van der Waals surface area contributed by atoms with E-state index >= 15 is 0 Å². The van der Waals surface area contributed by atoms with Crippen molar-refractivity contribution in [2.45, 2.75) is 0 Å². The van der Waals surface area contributed by atoms with Crippen LogP contribution in [-0.4, -0.2) is 5.30 Å². The standard InChI is InChI=1S/CHO2S/c2-1(3)4/h4H. The van der Waals surface area contributed by atoms with Gasteiger partial charge in [-0.2, -0.15) is 0 Å². The molecule has 0 unspecified atom stereocenters. The lowest BCUT2D eigenvalue weighted by Gasteiger charge is -1.49. The van der Waals surface area contributed by atoms with Crippen molar-refractivity contribution in [3.8, 4) is 0 Å². The first-order valence-electron chi connectivity index (χ1n) is 0.632. The molecule has 0 bridgehead atoms. The molecule has 4 heavy (non-hydrogen) atoms. The fourth-order valence-corrected chi connectivity index (χ4v) is 0. The Kier molecular flexibility index (Phi) is 1.12.